The minimum atomic E-state index is 0.255. The highest BCUT2D eigenvalue weighted by atomic mass is 16.1. The Morgan fingerprint density at radius 2 is 2.13 bits per heavy atom. The number of benzene rings is 1. The van der Waals surface area contributed by atoms with Crippen LogP contribution in [0, 0.1) is 6.92 Å². The molecular formula is C19H21N3O. The molecule has 3 aromatic rings. The molecule has 118 valence electrons. The third-order valence-corrected chi connectivity index (χ3v) is 4.91. The first-order valence-electron chi connectivity index (χ1n) is 8.37. The fraction of sp³-hybridized carbons (Fsp3) is 0.368. The number of carbonyl (C=O) groups excluding carboxylic acids is 1. The van der Waals surface area contributed by atoms with Crippen LogP contribution in [0.3, 0.4) is 0 Å². The van der Waals surface area contributed by atoms with Gasteiger partial charge in [0, 0.05) is 54.1 Å². The molecule has 0 unspecified atom stereocenters. The van der Waals surface area contributed by atoms with Crippen LogP contribution in [0.4, 0.5) is 0 Å². The normalized spacial score (nSPS) is 14.1. The highest BCUT2D eigenvalue weighted by molar-refractivity contribution is 6.09. The molecule has 4 heteroatoms. The molecule has 0 saturated carbocycles. The van der Waals surface area contributed by atoms with Crippen LogP contribution < -0.4 is 0 Å². The molecule has 0 fully saturated rings. The highest BCUT2D eigenvalue weighted by Gasteiger charge is 2.23. The number of rotatable bonds is 4. The maximum Gasteiger partial charge on any atom is 0.167 e. The first-order chi connectivity index (χ1) is 11.3. The summed E-state index contributed by atoms with van der Waals surface area (Å²) in [6.45, 7) is 3.70. The van der Waals surface area contributed by atoms with Crippen molar-refractivity contribution in [2.75, 3.05) is 0 Å². The summed E-state index contributed by atoms with van der Waals surface area (Å²) in [5.41, 5.74) is 3.41. The van der Waals surface area contributed by atoms with E-state index in [0.29, 0.717) is 13.0 Å². The quantitative estimate of drug-likeness (QED) is 0.689. The molecular weight excluding hydrogens is 286 g/mol. The predicted octanol–water partition coefficient (Wildman–Crippen LogP) is 3.76. The molecule has 4 rings (SSSR count). The number of hydrogen-bond acceptors (Lipinski definition) is 2. The molecule has 1 aliphatic rings. The lowest BCUT2D eigenvalue weighted by molar-refractivity contribution is 0.0977. The van der Waals surface area contributed by atoms with Crippen LogP contribution in [0.15, 0.2) is 36.7 Å². The minimum Gasteiger partial charge on any atom is -0.344 e. The number of Topliss-reactive ketones (excluding diaryl/α,β-unsaturated/α-hetero) is 1. The lowest BCUT2D eigenvalue weighted by Crippen LogP contribution is -2.14. The zero-order valence-electron chi connectivity index (χ0n) is 13.5. The van der Waals surface area contributed by atoms with Crippen LogP contribution >= 0.6 is 0 Å². The summed E-state index contributed by atoms with van der Waals surface area (Å²) in [6.07, 6.45) is 7.65. The molecule has 0 radical (unpaired) electrons. The standard InChI is InChI=1S/C19H21N3O/c1-14-20-10-13-21(14)12-9-18(23)19-15-6-2-3-7-16(15)22-11-5-4-8-17(19)22/h2-3,6-7,10,13H,4-5,8-9,11-12H2,1H3. The molecule has 4 nitrogen and oxygen atoms in total. The number of imidazole rings is 1. The molecule has 0 saturated heterocycles. The van der Waals surface area contributed by atoms with Gasteiger partial charge in [-0.2, -0.15) is 0 Å². The average Bonchev–Trinajstić information content (AvgIpc) is 3.14. The summed E-state index contributed by atoms with van der Waals surface area (Å²) < 4.78 is 4.40. The van der Waals surface area contributed by atoms with E-state index in [1.165, 1.54) is 24.1 Å². The van der Waals surface area contributed by atoms with E-state index in [1.807, 2.05) is 23.8 Å². The molecule has 0 N–H and O–H groups in total. The van der Waals surface area contributed by atoms with Crippen LogP contribution in [0.2, 0.25) is 0 Å². The van der Waals surface area contributed by atoms with Crippen molar-refractivity contribution in [3.05, 3.63) is 53.7 Å². The van der Waals surface area contributed by atoms with Gasteiger partial charge in [0.05, 0.1) is 0 Å². The van der Waals surface area contributed by atoms with Crippen LogP contribution in [-0.2, 0) is 19.5 Å². The van der Waals surface area contributed by atoms with Crippen LogP contribution in [0.5, 0.6) is 0 Å². The van der Waals surface area contributed by atoms with Crippen LogP contribution in [0.25, 0.3) is 10.9 Å². The maximum absolute atomic E-state index is 13.0. The molecule has 0 aliphatic carbocycles. The van der Waals surface area contributed by atoms with Crippen molar-refractivity contribution in [3.63, 3.8) is 0 Å². The second-order valence-electron chi connectivity index (χ2n) is 6.29. The molecule has 1 aromatic carbocycles. The van der Waals surface area contributed by atoms with Gasteiger partial charge in [-0.15, -0.1) is 0 Å². The van der Waals surface area contributed by atoms with E-state index in [2.05, 4.69) is 27.8 Å². The Kier molecular flexibility index (Phi) is 3.52. The lowest BCUT2D eigenvalue weighted by atomic mass is 10.00. The van der Waals surface area contributed by atoms with Gasteiger partial charge in [-0.05, 0) is 32.3 Å². The first-order valence-corrected chi connectivity index (χ1v) is 8.37. The van der Waals surface area contributed by atoms with E-state index in [1.54, 1.807) is 6.20 Å². The number of aromatic nitrogens is 3. The van der Waals surface area contributed by atoms with Crippen molar-refractivity contribution in [1.82, 2.24) is 14.1 Å². The van der Waals surface area contributed by atoms with Gasteiger partial charge in [-0.3, -0.25) is 4.79 Å². The maximum atomic E-state index is 13.0. The molecule has 1 aliphatic heterocycles. The average molecular weight is 307 g/mol. The molecule has 0 amide bonds. The Morgan fingerprint density at radius 3 is 2.96 bits per heavy atom. The molecule has 23 heavy (non-hydrogen) atoms. The number of carbonyl (C=O) groups is 1. The monoisotopic (exact) mass is 307 g/mol. The summed E-state index contributed by atoms with van der Waals surface area (Å²) >= 11 is 0. The first kappa shape index (κ1) is 14.2. The Balaban J connectivity index is 1.70. The second-order valence-corrected chi connectivity index (χ2v) is 6.29. The van der Waals surface area contributed by atoms with Gasteiger partial charge in [0.15, 0.2) is 5.78 Å². The van der Waals surface area contributed by atoms with Gasteiger partial charge in [0.2, 0.25) is 0 Å². The fourth-order valence-corrected chi connectivity index (χ4v) is 3.73. The van der Waals surface area contributed by atoms with Gasteiger partial charge < -0.3 is 9.13 Å². The smallest absolute Gasteiger partial charge is 0.167 e. The molecule has 0 bridgehead atoms. The largest absolute Gasteiger partial charge is 0.344 e. The predicted molar refractivity (Wildman–Crippen MR) is 90.8 cm³/mol. The van der Waals surface area contributed by atoms with Crippen molar-refractivity contribution < 1.29 is 4.79 Å². The zero-order chi connectivity index (χ0) is 15.8. The molecule has 0 spiro atoms. The summed E-state index contributed by atoms with van der Waals surface area (Å²) in [5.74, 6) is 1.21. The summed E-state index contributed by atoms with van der Waals surface area (Å²) in [6, 6.07) is 8.33. The summed E-state index contributed by atoms with van der Waals surface area (Å²) in [7, 11) is 0. The number of fused-ring (bicyclic) bond motifs is 3. The second kappa shape index (κ2) is 5.69. The topological polar surface area (TPSA) is 39.8 Å². The van der Waals surface area contributed by atoms with Gasteiger partial charge in [-0.25, -0.2) is 4.98 Å². The Bertz CT molecular complexity index is 872. The zero-order valence-corrected chi connectivity index (χ0v) is 13.5. The Hall–Kier alpha value is -2.36. The number of para-hydroxylation sites is 1. The van der Waals surface area contributed by atoms with Crippen molar-refractivity contribution >= 4 is 16.7 Å². The third kappa shape index (κ3) is 2.38. The van der Waals surface area contributed by atoms with Gasteiger partial charge in [0.25, 0.3) is 0 Å². The summed E-state index contributed by atoms with van der Waals surface area (Å²) in [4.78, 5) is 17.2. The van der Waals surface area contributed by atoms with E-state index < -0.39 is 0 Å². The minimum absolute atomic E-state index is 0.255. The molecule has 2 aromatic heterocycles. The highest BCUT2D eigenvalue weighted by Crippen LogP contribution is 2.31. The molecule has 3 heterocycles. The Labute approximate surface area is 135 Å². The lowest BCUT2D eigenvalue weighted by Gasteiger charge is -2.17. The molecule has 0 atom stereocenters. The van der Waals surface area contributed by atoms with Crippen molar-refractivity contribution in [3.8, 4) is 0 Å². The fourth-order valence-electron chi connectivity index (χ4n) is 3.73. The van der Waals surface area contributed by atoms with Crippen molar-refractivity contribution in [2.45, 2.75) is 45.7 Å². The van der Waals surface area contributed by atoms with E-state index >= 15 is 0 Å². The summed E-state index contributed by atoms with van der Waals surface area (Å²) in [5, 5.41) is 1.12. The number of hydrogen-bond donors (Lipinski definition) is 0. The van der Waals surface area contributed by atoms with E-state index in [4.69, 9.17) is 0 Å². The van der Waals surface area contributed by atoms with Crippen molar-refractivity contribution in [2.24, 2.45) is 0 Å². The van der Waals surface area contributed by atoms with Crippen LogP contribution in [-0.4, -0.2) is 19.9 Å². The van der Waals surface area contributed by atoms with E-state index in [0.717, 1.165) is 29.7 Å². The van der Waals surface area contributed by atoms with E-state index in [-0.39, 0.29) is 5.78 Å². The number of aryl methyl sites for hydroxylation is 3. The van der Waals surface area contributed by atoms with E-state index in [9.17, 15) is 4.79 Å². The van der Waals surface area contributed by atoms with Gasteiger partial charge in [0.1, 0.15) is 5.82 Å². The van der Waals surface area contributed by atoms with Gasteiger partial charge >= 0.3 is 0 Å². The number of nitrogens with zero attached hydrogens (tertiary/aromatic N) is 3. The Morgan fingerprint density at radius 1 is 1.26 bits per heavy atom. The van der Waals surface area contributed by atoms with Crippen LogP contribution in [0.1, 0.15) is 41.1 Å². The SMILES string of the molecule is Cc1nccn1CCC(=O)c1c2n(c3ccccc13)CCCC2. The van der Waals surface area contributed by atoms with Crippen molar-refractivity contribution in [1.29, 1.82) is 0 Å². The number of ketones is 1. The third-order valence-electron chi connectivity index (χ3n) is 4.91. The van der Waals surface area contributed by atoms with Gasteiger partial charge in [-0.1, -0.05) is 18.2 Å².